The molecule has 0 spiro atoms. The Labute approximate surface area is 606 Å². The minimum absolute atomic E-state index is 0.0936. The number of ether oxygens (including phenoxy) is 12. The first-order chi connectivity index (χ1) is 46.9. The van der Waals surface area contributed by atoms with Gasteiger partial charge in [-0.15, -0.1) is 0 Å². The molecule has 28 heteroatoms. The minimum atomic E-state index is -1.99. The van der Waals surface area contributed by atoms with E-state index in [0.29, 0.717) is 12.8 Å². The highest BCUT2D eigenvalue weighted by molar-refractivity contribution is 5.84. The molecular formula is C74H134N2O26. The van der Waals surface area contributed by atoms with Crippen LogP contribution in [0.2, 0.25) is 0 Å². The number of hydrogen-bond donors (Lipinski definition) is 10. The zero-order chi connectivity index (χ0) is 77.9. The highest BCUT2D eigenvalue weighted by Crippen LogP contribution is 2.44. The number of aliphatic hydroxyl groups excluding tert-OH is 6. The Morgan fingerprint density at radius 3 is 1.02 bits per heavy atom. The van der Waals surface area contributed by atoms with E-state index in [-0.39, 0.29) is 62.8 Å². The smallest absolute Gasteiger partial charge is 0.311 e. The maximum Gasteiger partial charge on any atom is 0.311 e. The first-order valence-corrected chi connectivity index (χ1v) is 37.0. The van der Waals surface area contributed by atoms with E-state index >= 15 is 0 Å². The van der Waals surface area contributed by atoms with Gasteiger partial charge in [0.1, 0.15) is 59.4 Å². The van der Waals surface area contributed by atoms with E-state index in [4.69, 9.17) is 56.8 Å². The second-order valence-corrected chi connectivity index (χ2v) is 32.9. The Balaban J connectivity index is 0.000000367. The Bertz CT molecular complexity index is 2510. The van der Waals surface area contributed by atoms with E-state index in [1.165, 1.54) is 55.8 Å². The van der Waals surface area contributed by atoms with Gasteiger partial charge in [0.25, 0.3) is 0 Å². The van der Waals surface area contributed by atoms with Crippen LogP contribution in [0.15, 0.2) is 0 Å². The molecule has 36 atom stereocenters. The second kappa shape index (κ2) is 35.8. The number of aliphatic hydroxyl groups is 10. The average molecular weight is 1470 g/mol. The number of methoxy groups -OCH3 is 2. The first kappa shape index (κ1) is 90.0. The van der Waals surface area contributed by atoms with Crippen molar-refractivity contribution in [1.82, 2.24) is 9.80 Å². The van der Waals surface area contributed by atoms with Crippen molar-refractivity contribution < 1.29 is 127 Å². The van der Waals surface area contributed by atoms with Gasteiger partial charge in [-0.1, -0.05) is 55.4 Å². The Morgan fingerprint density at radius 1 is 0.441 bits per heavy atom. The van der Waals surface area contributed by atoms with Crippen molar-refractivity contribution in [1.29, 1.82) is 0 Å². The molecule has 6 rings (SSSR count). The number of esters is 2. The maximum absolute atomic E-state index is 14.1. The molecule has 6 saturated heterocycles. The van der Waals surface area contributed by atoms with Crippen molar-refractivity contribution in [2.24, 2.45) is 47.3 Å². The summed E-state index contributed by atoms with van der Waals surface area (Å²) in [6.07, 6.45) is -19.4. The first-order valence-electron chi connectivity index (χ1n) is 37.0. The summed E-state index contributed by atoms with van der Waals surface area (Å²) < 4.78 is 74.1. The van der Waals surface area contributed by atoms with Crippen LogP contribution in [0.5, 0.6) is 0 Å². The van der Waals surface area contributed by atoms with E-state index in [9.17, 15) is 70.2 Å². The van der Waals surface area contributed by atoms with Crippen LogP contribution < -0.4 is 0 Å². The van der Waals surface area contributed by atoms with Gasteiger partial charge < -0.3 is 118 Å². The molecule has 36 unspecified atom stereocenters. The molecular weight excluding hydrogens is 1330 g/mol. The van der Waals surface area contributed by atoms with Gasteiger partial charge in [-0.05, 0) is 150 Å². The van der Waals surface area contributed by atoms with Crippen LogP contribution in [-0.4, -0.2) is 295 Å². The number of nitrogens with zero attached hydrogens (tertiary/aromatic N) is 2. The number of likely N-dealkylation sites (N-methyl/N-ethyl adjacent to an activating group) is 2. The van der Waals surface area contributed by atoms with E-state index in [1.54, 1.807) is 83.1 Å². The lowest BCUT2D eigenvalue weighted by atomic mass is 9.74. The third-order valence-electron chi connectivity index (χ3n) is 23.6. The number of hydrogen-bond acceptors (Lipinski definition) is 28. The van der Waals surface area contributed by atoms with Crippen molar-refractivity contribution in [3.63, 3.8) is 0 Å². The molecule has 596 valence electrons. The van der Waals surface area contributed by atoms with Gasteiger partial charge in [-0.3, -0.25) is 19.2 Å². The number of ketones is 2. The van der Waals surface area contributed by atoms with E-state index in [2.05, 4.69) is 0 Å². The lowest BCUT2D eigenvalue weighted by Gasteiger charge is -2.49. The molecule has 6 fully saturated rings. The SMILES string of the molecule is CCC1OC(=O)C(C)C(OC2CC(C)(OC)C(O)C(C)O2)C(C)C(OC2OC(C)CC(N(C)C)C2O)C(C)(O)CC(C)C(=O)C(C)C(O)C1(C)O.CCC1OC(=O)C(C)C(OC2CC(C)(OC)C(O)C(C)O2)C(C)C(OC2OC(C)CC(N(C)C)C2O)C(C)(O)CC(C)C(=O)C(C)C(O)C1(C)O. The fourth-order valence-corrected chi connectivity index (χ4v) is 16.8. The molecule has 6 heterocycles. The van der Waals surface area contributed by atoms with Crippen LogP contribution >= 0.6 is 0 Å². The lowest BCUT2D eigenvalue weighted by molar-refractivity contribution is -0.318. The number of carbonyl (C=O) groups excluding carboxylic acids is 4. The van der Waals surface area contributed by atoms with Crippen LogP contribution in [0, 0.1) is 47.3 Å². The highest BCUT2D eigenvalue weighted by atomic mass is 16.7. The normalized spacial score (nSPS) is 49.7. The van der Waals surface area contributed by atoms with Crippen molar-refractivity contribution in [3.8, 4) is 0 Å². The molecule has 0 aliphatic carbocycles. The highest BCUT2D eigenvalue weighted by Gasteiger charge is 2.57. The molecule has 28 nitrogen and oxygen atoms in total. The van der Waals surface area contributed by atoms with Gasteiger partial charge in [0.15, 0.2) is 25.2 Å². The van der Waals surface area contributed by atoms with Crippen LogP contribution in [0.25, 0.3) is 0 Å². The predicted octanol–water partition coefficient (Wildman–Crippen LogP) is 3.57. The van der Waals surface area contributed by atoms with Crippen molar-refractivity contribution >= 4 is 23.5 Å². The number of rotatable bonds is 14. The number of carbonyl (C=O) groups is 4. The van der Waals surface area contributed by atoms with Crippen LogP contribution in [0.4, 0.5) is 0 Å². The third kappa shape index (κ3) is 20.3. The summed E-state index contributed by atoms with van der Waals surface area (Å²) in [7, 11) is 10.4. The quantitative estimate of drug-likeness (QED) is 0.111. The topological polar surface area (TPSA) is 388 Å². The van der Waals surface area contributed by atoms with Crippen molar-refractivity contribution in [2.45, 2.75) is 358 Å². The van der Waals surface area contributed by atoms with E-state index in [0.717, 1.165) is 0 Å². The van der Waals surface area contributed by atoms with Crippen LogP contribution in [-0.2, 0) is 76.0 Å². The molecule has 6 aliphatic rings. The zero-order valence-corrected chi connectivity index (χ0v) is 65.9. The summed E-state index contributed by atoms with van der Waals surface area (Å²) in [5.74, 6) is -9.95. The van der Waals surface area contributed by atoms with E-state index in [1.807, 2.05) is 51.8 Å². The molecule has 10 N–H and O–H groups in total. The van der Waals surface area contributed by atoms with Crippen molar-refractivity contribution in [3.05, 3.63) is 0 Å². The maximum atomic E-state index is 14.1. The van der Waals surface area contributed by atoms with Gasteiger partial charge in [-0.25, -0.2) is 0 Å². The second-order valence-electron chi connectivity index (χ2n) is 32.9. The minimum Gasteiger partial charge on any atom is -0.459 e. The Hall–Kier alpha value is -2.60. The van der Waals surface area contributed by atoms with E-state index < -0.39 is 215 Å². The fourth-order valence-electron chi connectivity index (χ4n) is 16.8. The van der Waals surface area contributed by atoms with Gasteiger partial charge in [0.2, 0.25) is 0 Å². The number of Topliss-reactive ketones (excluding diaryl/α,β-unsaturated/α-hetero) is 2. The lowest BCUT2D eigenvalue weighted by Crippen LogP contribution is -2.61. The van der Waals surface area contributed by atoms with Crippen LogP contribution in [0.3, 0.4) is 0 Å². The summed E-state index contributed by atoms with van der Waals surface area (Å²) >= 11 is 0. The summed E-state index contributed by atoms with van der Waals surface area (Å²) in [5.41, 5.74) is -9.68. The molecule has 0 radical (unpaired) electrons. The molecule has 0 aromatic carbocycles. The standard InChI is InChI=1S/2C37H67NO13/c2*1-14-25-37(10,45)30(41)20(4)27(39)18(2)16-35(8,44)32(51-34-28(40)24(38(11)12)15-19(3)47-34)21(5)29(22(6)33(43)49-25)50-26-17-36(9,46-13)31(42)23(7)48-26/h2*18-26,28-32,34,40-42,44-45H,14-17H2,1-13H3. The average Bonchev–Trinajstić information content (AvgIpc) is 0.778. The van der Waals surface area contributed by atoms with Crippen LogP contribution in [0.1, 0.15) is 190 Å². The molecule has 6 aliphatic heterocycles. The van der Waals surface area contributed by atoms with Gasteiger partial charge in [0.05, 0.1) is 95.3 Å². The molecule has 102 heavy (non-hydrogen) atoms. The third-order valence-corrected chi connectivity index (χ3v) is 23.6. The van der Waals surface area contributed by atoms with Gasteiger partial charge >= 0.3 is 11.9 Å². The Kier molecular flexibility index (Phi) is 31.6. The monoisotopic (exact) mass is 1470 g/mol. The van der Waals surface area contributed by atoms with Gasteiger partial charge in [0, 0.05) is 74.7 Å². The molecule has 0 aromatic rings. The molecule has 0 aromatic heterocycles. The van der Waals surface area contributed by atoms with Gasteiger partial charge in [-0.2, -0.15) is 0 Å². The zero-order valence-electron chi connectivity index (χ0n) is 65.9. The summed E-state index contributed by atoms with van der Waals surface area (Å²) in [4.78, 5) is 59.5. The molecule has 0 saturated carbocycles. The summed E-state index contributed by atoms with van der Waals surface area (Å²) in [6.45, 7) is 32.7. The largest absolute Gasteiger partial charge is 0.459 e. The summed E-state index contributed by atoms with van der Waals surface area (Å²) in [5, 5.41) is 115. The number of cyclic esters (lactones) is 2. The van der Waals surface area contributed by atoms with Crippen molar-refractivity contribution in [2.75, 3.05) is 42.4 Å². The molecule has 0 amide bonds. The summed E-state index contributed by atoms with van der Waals surface area (Å²) in [6, 6.07) is -0.648. The fraction of sp³-hybridized carbons (Fsp3) is 0.946. The molecule has 0 bridgehead atoms. The Morgan fingerprint density at radius 2 is 0.745 bits per heavy atom. The predicted molar refractivity (Wildman–Crippen MR) is 373 cm³/mol.